The summed E-state index contributed by atoms with van der Waals surface area (Å²) in [5.41, 5.74) is 2.14. The van der Waals surface area contributed by atoms with Crippen molar-refractivity contribution in [2.75, 3.05) is 41.4 Å². The maximum absolute atomic E-state index is 13.9. The van der Waals surface area contributed by atoms with Gasteiger partial charge in [-0.15, -0.1) is 0 Å². The second kappa shape index (κ2) is 11.5. The van der Waals surface area contributed by atoms with Gasteiger partial charge in [0.2, 0.25) is 0 Å². The highest BCUT2D eigenvalue weighted by Gasteiger charge is 2.34. The molecule has 2 amide bonds. The molecule has 0 spiro atoms. The largest absolute Gasteiger partial charge is 0.496 e. The summed E-state index contributed by atoms with van der Waals surface area (Å²) in [4.78, 5) is 44.8. The van der Waals surface area contributed by atoms with E-state index in [1.54, 1.807) is 35.0 Å². The molecule has 2 heterocycles. The van der Waals surface area contributed by atoms with Crippen molar-refractivity contribution in [1.82, 2.24) is 19.3 Å². The molecule has 0 bridgehead atoms. The highest BCUT2D eigenvalue weighted by atomic mass is 19.1. The van der Waals surface area contributed by atoms with E-state index in [0.29, 0.717) is 41.9 Å². The molecule has 4 rings (SSSR count). The minimum Gasteiger partial charge on any atom is -0.496 e. The molecule has 1 aliphatic rings. The minimum absolute atomic E-state index is 0.0579. The fraction of sp³-hybridized carbons (Fsp3) is 0.414. The third-order valence-corrected chi connectivity index (χ3v) is 7.22. The summed E-state index contributed by atoms with van der Waals surface area (Å²) in [6, 6.07) is 9.76. The van der Waals surface area contributed by atoms with E-state index >= 15 is 0 Å². The number of ether oxygens (including phenoxy) is 2. The molecule has 0 aliphatic carbocycles. The standard InChI is InChI=1S/C29H35FN4O5/c1-18-14-34(19(2)13-32(18)15-20-7-9-21(30)10-8-20)28(36)23-11-22-24(27(35)29(37)31(3)4)16-33(17-38-5)25(22)12-26(23)39-6/h7-12,16,18-19H,13-15,17H2,1-6H3. The molecule has 9 nitrogen and oxygen atoms in total. The Morgan fingerprint density at radius 1 is 1.00 bits per heavy atom. The third-order valence-electron chi connectivity index (χ3n) is 7.22. The molecular weight excluding hydrogens is 503 g/mol. The number of aromatic nitrogens is 1. The van der Waals surface area contributed by atoms with Crippen LogP contribution in [0.3, 0.4) is 0 Å². The minimum atomic E-state index is -0.667. The van der Waals surface area contributed by atoms with E-state index in [4.69, 9.17) is 9.47 Å². The van der Waals surface area contributed by atoms with Crippen molar-refractivity contribution in [3.63, 3.8) is 0 Å². The van der Waals surface area contributed by atoms with E-state index in [0.717, 1.165) is 5.56 Å². The fourth-order valence-electron chi connectivity index (χ4n) is 5.08. The normalized spacial score (nSPS) is 17.9. The molecule has 2 atom stereocenters. The van der Waals surface area contributed by atoms with Gasteiger partial charge in [0.1, 0.15) is 18.3 Å². The van der Waals surface area contributed by atoms with Crippen LogP contribution in [0, 0.1) is 5.82 Å². The van der Waals surface area contributed by atoms with Gasteiger partial charge in [-0.25, -0.2) is 4.39 Å². The molecule has 2 aromatic carbocycles. The van der Waals surface area contributed by atoms with Crippen molar-refractivity contribution in [3.8, 4) is 5.75 Å². The van der Waals surface area contributed by atoms with E-state index in [-0.39, 0.29) is 36.1 Å². The van der Waals surface area contributed by atoms with E-state index in [2.05, 4.69) is 11.8 Å². The number of Topliss-reactive ketones (excluding diaryl/α,β-unsaturated/α-hetero) is 1. The second-order valence-electron chi connectivity index (χ2n) is 10.2. The first-order valence-corrected chi connectivity index (χ1v) is 12.8. The SMILES string of the molecule is COCn1cc(C(=O)C(=O)N(C)C)c2cc(C(=O)N3CC(C)N(Cc4ccc(F)cc4)CC3C)c(OC)cc21. The molecule has 0 saturated carbocycles. The number of amides is 2. The van der Waals surface area contributed by atoms with Crippen molar-refractivity contribution in [2.45, 2.75) is 39.2 Å². The molecule has 10 heteroatoms. The summed E-state index contributed by atoms with van der Waals surface area (Å²) >= 11 is 0. The van der Waals surface area contributed by atoms with E-state index < -0.39 is 11.7 Å². The lowest BCUT2D eigenvalue weighted by Crippen LogP contribution is -2.57. The lowest BCUT2D eigenvalue weighted by Gasteiger charge is -2.44. The lowest BCUT2D eigenvalue weighted by molar-refractivity contribution is -0.124. The zero-order valence-electron chi connectivity index (χ0n) is 23.2. The molecule has 0 radical (unpaired) electrons. The Kier molecular flexibility index (Phi) is 8.36. The zero-order chi connectivity index (χ0) is 28.4. The first kappa shape index (κ1) is 28.3. The zero-order valence-corrected chi connectivity index (χ0v) is 23.2. The van der Waals surface area contributed by atoms with Crippen LogP contribution in [-0.2, 0) is 22.8 Å². The van der Waals surface area contributed by atoms with Gasteiger partial charge in [0.05, 0.1) is 23.8 Å². The van der Waals surface area contributed by atoms with Crippen molar-refractivity contribution in [3.05, 3.63) is 65.1 Å². The fourth-order valence-corrected chi connectivity index (χ4v) is 5.08. The highest BCUT2D eigenvalue weighted by Crippen LogP contribution is 2.32. The number of nitrogens with zero attached hydrogens (tertiary/aromatic N) is 4. The number of halogens is 1. The van der Waals surface area contributed by atoms with Gasteiger partial charge < -0.3 is 23.8 Å². The Morgan fingerprint density at radius 3 is 2.31 bits per heavy atom. The Labute approximate surface area is 227 Å². The van der Waals surface area contributed by atoms with Crippen LogP contribution in [-0.4, -0.2) is 90.4 Å². The molecular formula is C29H35FN4O5. The Balaban J connectivity index is 1.67. The van der Waals surface area contributed by atoms with Crippen LogP contribution in [0.1, 0.15) is 40.1 Å². The Hall–Kier alpha value is -3.76. The molecule has 1 fully saturated rings. The van der Waals surface area contributed by atoms with Gasteiger partial charge in [-0.3, -0.25) is 19.3 Å². The topological polar surface area (TPSA) is 84.3 Å². The van der Waals surface area contributed by atoms with E-state index in [1.807, 2.05) is 11.8 Å². The molecule has 1 aromatic heterocycles. The van der Waals surface area contributed by atoms with Crippen LogP contribution in [0.5, 0.6) is 5.75 Å². The van der Waals surface area contributed by atoms with Crippen LogP contribution >= 0.6 is 0 Å². The first-order valence-electron chi connectivity index (χ1n) is 12.8. The van der Waals surface area contributed by atoms with E-state index in [9.17, 15) is 18.8 Å². The smallest absolute Gasteiger partial charge is 0.294 e. The van der Waals surface area contributed by atoms with E-state index in [1.165, 1.54) is 45.3 Å². The summed E-state index contributed by atoms with van der Waals surface area (Å²) in [6.07, 6.45) is 1.57. The van der Waals surface area contributed by atoms with Crippen LogP contribution < -0.4 is 4.74 Å². The first-order chi connectivity index (χ1) is 18.5. The van der Waals surface area contributed by atoms with Gasteiger partial charge >= 0.3 is 0 Å². The number of piperazine rings is 1. The second-order valence-corrected chi connectivity index (χ2v) is 10.2. The predicted molar refractivity (Wildman–Crippen MR) is 145 cm³/mol. The Morgan fingerprint density at radius 2 is 1.69 bits per heavy atom. The number of carbonyl (C=O) groups excluding carboxylic acids is 3. The number of carbonyl (C=O) groups is 3. The van der Waals surface area contributed by atoms with Crippen LogP contribution in [0.25, 0.3) is 10.9 Å². The number of rotatable bonds is 8. The van der Waals surface area contributed by atoms with Gasteiger partial charge in [0.15, 0.2) is 0 Å². The Bertz CT molecular complexity index is 1380. The van der Waals surface area contributed by atoms with Crippen LogP contribution in [0.15, 0.2) is 42.6 Å². The molecule has 2 unspecified atom stereocenters. The van der Waals surface area contributed by atoms with Crippen molar-refractivity contribution in [2.24, 2.45) is 0 Å². The highest BCUT2D eigenvalue weighted by molar-refractivity contribution is 6.44. The molecule has 0 N–H and O–H groups in total. The monoisotopic (exact) mass is 538 g/mol. The maximum Gasteiger partial charge on any atom is 0.294 e. The molecule has 1 saturated heterocycles. The van der Waals surface area contributed by atoms with Gasteiger partial charge in [0.25, 0.3) is 17.6 Å². The summed E-state index contributed by atoms with van der Waals surface area (Å²) in [7, 11) is 6.07. The molecule has 3 aromatic rings. The number of ketones is 1. The number of hydrogen-bond donors (Lipinski definition) is 0. The average Bonchev–Trinajstić information content (AvgIpc) is 3.27. The molecule has 208 valence electrons. The number of benzene rings is 2. The third kappa shape index (κ3) is 5.67. The summed E-state index contributed by atoms with van der Waals surface area (Å²) in [6.45, 7) is 5.98. The average molecular weight is 539 g/mol. The van der Waals surface area contributed by atoms with Gasteiger partial charge in [0, 0.05) is 70.6 Å². The van der Waals surface area contributed by atoms with Crippen molar-refractivity contribution < 1.29 is 28.2 Å². The van der Waals surface area contributed by atoms with Crippen LogP contribution in [0.4, 0.5) is 4.39 Å². The number of likely N-dealkylation sites (N-methyl/N-ethyl adjacent to an activating group) is 1. The molecule has 1 aliphatic heterocycles. The predicted octanol–water partition coefficient (Wildman–Crippen LogP) is 3.40. The summed E-state index contributed by atoms with van der Waals surface area (Å²) in [5.74, 6) is -1.44. The van der Waals surface area contributed by atoms with Crippen LogP contribution in [0.2, 0.25) is 0 Å². The number of methoxy groups -OCH3 is 2. The van der Waals surface area contributed by atoms with Gasteiger partial charge in [-0.2, -0.15) is 0 Å². The summed E-state index contributed by atoms with van der Waals surface area (Å²) < 4.78 is 26.0. The van der Waals surface area contributed by atoms with Gasteiger partial charge in [-0.1, -0.05) is 12.1 Å². The van der Waals surface area contributed by atoms with Crippen molar-refractivity contribution in [1.29, 1.82) is 0 Å². The van der Waals surface area contributed by atoms with Gasteiger partial charge in [-0.05, 0) is 37.6 Å². The molecule has 39 heavy (non-hydrogen) atoms. The maximum atomic E-state index is 13.9. The number of fused-ring (bicyclic) bond motifs is 1. The number of hydrogen-bond acceptors (Lipinski definition) is 6. The quantitative estimate of drug-likeness (QED) is 0.323. The lowest BCUT2D eigenvalue weighted by atomic mass is 10.0. The summed E-state index contributed by atoms with van der Waals surface area (Å²) in [5, 5.41) is 0.479. The van der Waals surface area contributed by atoms with Crippen molar-refractivity contribution >= 4 is 28.5 Å².